The van der Waals surface area contributed by atoms with Gasteiger partial charge in [-0.05, 0) is 31.2 Å². The number of hydrogen-bond acceptors (Lipinski definition) is 3. The zero-order chi connectivity index (χ0) is 14.7. The van der Waals surface area contributed by atoms with E-state index in [1.54, 1.807) is 6.07 Å². The van der Waals surface area contributed by atoms with Crippen molar-refractivity contribution in [2.45, 2.75) is 18.5 Å². The number of amides is 2. The van der Waals surface area contributed by atoms with Crippen LogP contribution in [-0.4, -0.2) is 37.7 Å². The number of likely N-dealkylation sites (tertiary alicyclic amines) is 1. The van der Waals surface area contributed by atoms with Crippen molar-refractivity contribution in [2.24, 2.45) is 0 Å². The maximum atomic E-state index is 13.6. The van der Waals surface area contributed by atoms with Crippen molar-refractivity contribution in [3.63, 3.8) is 0 Å². The molecule has 20 heavy (non-hydrogen) atoms. The van der Waals surface area contributed by atoms with Gasteiger partial charge in [0.05, 0.1) is 24.2 Å². The van der Waals surface area contributed by atoms with Gasteiger partial charge in [-0.1, -0.05) is 17.7 Å². The summed E-state index contributed by atoms with van der Waals surface area (Å²) in [5.41, 5.74) is 3.00. The molecule has 1 aliphatic rings. The van der Waals surface area contributed by atoms with E-state index in [0.717, 1.165) is 18.5 Å². The minimum Gasteiger partial charge on any atom is -0.332 e. The highest BCUT2D eigenvalue weighted by Crippen LogP contribution is 2.32. The molecule has 2 atom stereocenters. The van der Waals surface area contributed by atoms with Crippen LogP contribution < -0.4 is 10.8 Å². The molecule has 5 nitrogen and oxygen atoms in total. The molecule has 1 aromatic rings. The van der Waals surface area contributed by atoms with Crippen molar-refractivity contribution in [1.82, 2.24) is 15.7 Å². The summed E-state index contributed by atoms with van der Waals surface area (Å²) in [6, 6.07) is 4.11. The van der Waals surface area contributed by atoms with E-state index in [0.29, 0.717) is 0 Å². The molecule has 0 unspecified atom stereocenters. The number of nitrogens with zero attached hydrogens (tertiary/aromatic N) is 1. The number of hydroxylamine groups is 1. The van der Waals surface area contributed by atoms with Gasteiger partial charge in [-0.2, -0.15) is 0 Å². The van der Waals surface area contributed by atoms with E-state index in [1.807, 2.05) is 7.05 Å². The van der Waals surface area contributed by atoms with Crippen molar-refractivity contribution >= 4 is 17.6 Å². The molecule has 0 saturated carbocycles. The zero-order valence-electron chi connectivity index (χ0n) is 11.3. The molecule has 1 saturated heterocycles. The van der Waals surface area contributed by atoms with Crippen LogP contribution in [0.25, 0.3) is 0 Å². The summed E-state index contributed by atoms with van der Waals surface area (Å²) in [6.45, 7) is 0.812. The van der Waals surface area contributed by atoms with Gasteiger partial charge in [0.2, 0.25) is 0 Å². The van der Waals surface area contributed by atoms with Gasteiger partial charge in [-0.15, -0.1) is 0 Å². The van der Waals surface area contributed by atoms with Gasteiger partial charge in [0, 0.05) is 6.54 Å². The Kier molecular flexibility index (Phi) is 4.80. The fourth-order valence-electron chi connectivity index (χ4n) is 2.57. The third-order valence-corrected chi connectivity index (χ3v) is 3.75. The predicted octanol–water partition coefficient (Wildman–Crippen LogP) is 2.08. The first-order valence-electron chi connectivity index (χ1n) is 6.27. The number of rotatable bonds is 3. The first-order chi connectivity index (χ1) is 9.52. The Morgan fingerprint density at radius 3 is 2.95 bits per heavy atom. The summed E-state index contributed by atoms with van der Waals surface area (Å²) in [6.07, 6.45) is 0.780. The summed E-state index contributed by atoms with van der Waals surface area (Å²) in [4.78, 5) is 18.2. The number of hydrogen-bond donors (Lipinski definition) is 2. The van der Waals surface area contributed by atoms with Crippen molar-refractivity contribution in [3.8, 4) is 0 Å². The van der Waals surface area contributed by atoms with Gasteiger partial charge < -0.3 is 5.32 Å². The standard InChI is InChI=1S/C13H17ClFN3O2/c1-18-6-5-11(16-13(19)17-20-2)12(18)8-3-4-9(14)10(15)7-8/h3-4,7,11-12H,5-6H2,1-2H3,(H2,16,17,19)/t11-,12+/m1/s1. The van der Waals surface area contributed by atoms with E-state index in [4.69, 9.17) is 11.6 Å². The molecule has 2 amide bonds. The lowest BCUT2D eigenvalue weighted by Crippen LogP contribution is -2.44. The highest BCUT2D eigenvalue weighted by Gasteiger charge is 2.34. The molecule has 7 heteroatoms. The van der Waals surface area contributed by atoms with E-state index in [9.17, 15) is 9.18 Å². The normalized spacial score (nSPS) is 22.8. The molecule has 0 bridgehead atoms. The van der Waals surface area contributed by atoms with Gasteiger partial charge in [0.1, 0.15) is 5.82 Å². The number of benzene rings is 1. The van der Waals surface area contributed by atoms with Crippen LogP contribution in [0.1, 0.15) is 18.0 Å². The molecule has 0 aliphatic carbocycles. The topological polar surface area (TPSA) is 53.6 Å². The molecular weight excluding hydrogens is 285 g/mol. The lowest BCUT2D eigenvalue weighted by molar-refractivity contribution is 0.105. The SMILES string of the molecule is CONC(=O)N[C@@H]1CCN(C)[C@H]1c1ccc(Cl)c(F)c1. The number of nitrogens with one attached hydrogen (secondary N) is 2. The second-order valence-corrected chi connectivity index (χ2v) is 5.18. The van der Waals surface area contributed by atoms with Crippen LogP contribution in [0.4, 0.5) is 9.18 Å². The molecular formula is C13H17ClFN3O2. The van der Waals surface area contributed by atoms with Crippen LogP contribution in [0.3, 0.4) is 0 Å². The van der Waals surface area contributed by atoms with Crippen molar-refractivity contribution in [2.75, 3.05) is 20.7 Å². The first-order valence-corrected chi connectivity index (χ1v) is 6.65. The Bertz CT molecular complexity index is 501. The highest BCUT2D eigenvalue weighted by atomic mass is 35.5. The van der Waals surface area contributed by atoms with E-state index < -0.39 is 11.8 Å². The van der Waals surface area contributed by atoms with Gasteiger partial charge >= 0.3 is 6.03 Å². The second-order valence-electron chi connectivity index (χ2n) is 4.77. The van der Waals surface area contributed by atoms with Gasteiger partial charge in [0.15, 0.2) is 0 Å². The van der Waals surface area contributed by atoms with Gasteiger partial charge in [-0.3, -0.25) is 9.74 Å². The number of halogens is 2. The Morgan fingerprint density at radius 1 is 1.55 bits per heavy atom. The molecule has 2 rings (SSSR count). The van der Waals surface area contributed by atoms with E-state index in [1.165, 1.54) is 19.2 Å². The van der Waals surface area contributed by atoms with Crippen molar-refractivity contribution < 1.29 is 14.0 Å². The quantitative estimate of drug-likeness (QED) is 0.841. The summed E-state index contributed by atoms with van der Waals surface area (Å²) in [5.74, 6) is -0.454. The average Bonchev–Trinajstić information content (AvgIpc) is 2.74. The maximum absolute atomic E-state index is 13.6. The molecule has 0 radical (unpaired) electrons. The largest absolute Gasteiger partial charge is 0.338 e. The molecule has 1 aliphatic heterocycles. The summed E-state index contributed by atoms with van der Waals surface area (Å²) >= 11 is 5.70. The molecule has 1 fully saturated rings. The number of carbonyl (C=O) groups is 1. The van der Waals surface area contributed by atoms with E-state index in [-0.39, 0.29) is 17.1 Å². The lowest BCUT2D eigenvalue weighted by atomic mass is 10.0. The van der Waals surface area contributed by atoms with Crippen LogP contribution >= 0.6 is 11.6 Å². The second kappa shape index (κ2) is 6.39. The van der Waals surface area contributed by atoms with Gasteiger partial charge in [0.25, 0.3) is 0 Å². The maximum Gasteiger partial charge on any atom is 0.338 e. The number of urea groups is 1. The number of likely N-dealkylation sites (N-methyl/N-ethyl adjacent to an activating group) is 1. The monoisotopic (exact) mass is 301 g/mol. The van der Waals surface area contributed by atoms with Crippen molar-refractivity contribution in [1.29, 1.82) is 0 Å². The van der Waals surface area contributed by atoms with Crippen LogP contribution in [0.5, 0.6) is 0 Å². The Morgan fingerprint density at radius 2 is 2.30 bits per heavy atom. The Balaban J connectivity index is 2.17. The first kappa shape index (κ1) is 15.0. The molecule has 1 heterocycles. The van der Waals surface area contributed by atoms with Crippen LogP contribution in [0.2, 0.25) is 5.02 Å². The summed E-state index contributed by atoms with van der Waals surface area (Å²) in [7, 11) is 3.31. The summed E-state index contributed by atoms with van der Waals surface area (Å²) < 4.78 is 13.6. The summed E-state index contributed by atoms with van der Waals surface area (Å²) in [5, 5.41) is 2.91. The number of carbonyl (C=O) groups excluding carboxylic acids is 1. The Labute approximate surface area is 122 Å². The molecule has 0 spiro atoms. The fourth-order valence-corrected chi connectivity index (χ4v) is 2.69. The Hall–Kier alpha value is -1.37. The van der Waals surface area contributed by atoms with Gasteiger partial charge in [-0.25, -0.2) is 14.7 Å². The van der Waals surface area contributed by atoms with Crippen LogP contribution in [-0.2, 0) is 4.84 Å². The lowest BCUT2D eigenvalue weighted by Gasteiger charge is -2.26. The third kappa shape index (κ3) is 3.20. The van der Waals surface area contributed by atoms with E-state index >= 15 is 0 Å². The molecule has 0 aromatic heterocycles. The molecule has 110 valence electrons. The predicted molar refractivity (Wildman–Crippen MR) is 73.9 cm³/mol. The van der Waals surface area contributed by atoms with Crippen LogP contribution in [0, 0.1) is 5.82 Å². The van der Waals surface area contributed by atoms with Crippen LogP contribution in [0.15, 0.2) is 18.2 Å². The zero-order valence-corrected chi connectivity index (χ0v) is 12.1. The fraction of sp³-hybridized carbons (Fsp3) is 0.462. The van der Waals surface area contributed by atoms with Crippen molar-refractivity contribution in [3.05, 3.63) is 34.6 Å². The average molecular weight is 302 g/mol. The minimum absolute atomic E-state index is 0.0932. The molecule has 1 aromatic carbocycles. The highest BCUT2D eigenvalue weighted by molar-refractivity contribution is 6.30. The van der Waals surface area contributed by atoms with E-state index in [2.05, 4.69) is 20.5 Å². The molecule has 2 N–H and O–H groups in total. The third-order valence-electron chi connectivity index (χ3n) is 3.45. The smallest absolute Gasteiger partial charge is 0.332 e. The minimum atomic E-state index is -0.454.